The van der Waals surface area contributed by atoms with Gasteiger partial charge in [-0.2, -0.15) is 0 Å². The topological polar surface area (TPSA) is 90.1 Å². The molecular weight excluding hydrogens is 292 g/mol. The van der Waals surface area contributed by atoms with E-state index in [1.807, 2.05) is 38.1 Å². The molecule has 23 heavy (non-hydrogen) atoms. The molecule has 0 saturated heterocycles. The third-order valence-electron chi connectivity index (χ3n) is 3.55. The van der Waals surface area contributed by atoms with E-state index in [9.17, 15) is 4.79 Å². The summed E-state index contributed by atoms with van der Waals surface area (Å²) >= 11 is 0. The number of aromatic nitrogens is 2. The minimum Gasteiger partial charge on any atom is -0.466 e. The molecule has 0 bridgehead atoms. The number of hydrogen-bond donors (Lipinski definition) is 2. The average molecular weight is 316 g/mol. The molecular formula is C17H24N4O2. The number of ether oxygens (including phenoxy) is 1. The maximum Gasteiger partial charge on any atom is 0.305 e. The number of rotatable bonds is 8. The van der Waals surface area contributed by atoms with Gasteiger partial charge in [-0.3, -0.25) is 4.79 Å². The molecule has 0 aliphatic rings. The Hall–Kier alpha value is -2.21. The van der Waals surface area contributed by atoms with E-state index in [-0.39, 0.29) is 12.0 Å². The lowest BCUT2D eigenvalue weighted by Gasteiger charge is -2.13. The average Bonchev–Trinajstić information content (AvgIpc) is 2.57. The fourth-order valence-corrected chi connectivity index (χ4v) is 2.25. The molecule has 1 aromatic heterocycles. The third kappa shape index (κ3) is 4.63. The third-order valence-corrected chi connectivity index (χ3v) is 3.55. The van der Waals surface area contributed by atoms with E-state index in [1.165, 1.54) is 0 Å². The van der Waals surface area contributed by atoms with Gasteiger partial charge < -0.3 is 15.8 Å². The summed E-state index contributed by atoms with van der Waals surface area (Å²) < 4.78 is 4.92. The predicted molar refractivity (Wildman–Crippen MR) is 91.1 cm³/mol. The quantitative estimate of drug-likeness (QED) is 0.575. The summed E-state index contributed by atoms with van der Waals surface area (Å²) in [4.78, 5) is 20.5. The summed E-state index contributed by atoms with van der Waals surface area (Å²) in [6.45, 7) is 4.87. The number of anilines is 1. The Morgan fingerprint density at radius 3 is 2.83 bits per heavy atom. The van der Waals surface area contributed by atoms with E-state index in [0.29, 0.717) is 31.8 Å². The Labute approximate surface area is 136 Å². The van der Waals surface area contributed by atoms with Gasteiger partial charge in [-0.05, 0) is 31.9 Å². The van der Waals surface area contributed by atoms with Gasteiger partial charge in [0, 0.05) is 18.4 Å². The van der Waals surface area contributed by atoms with Crippen LogP contribution in [0.4, 0.5) is 5.82 Å². The SMILES string of the molecule is CCOC(=O)CCCNc1nc([C@@H](N)CC)nc2ccccc12. The first-order valence-electron chi connectivity index (χ1n) is 8.07. The van der Waals surface area contributed by atoms with E-state index in [2.05, 4.69) is 15.3 Å². The predicted octanol–water partition coefficient (Wildman–Crippen LogP) is 2.79. The van der Waals surface area contributed by atoms with Crippen LogP contribution >= 0.6 is 0 Å². The molecule has 3 N–H and O–H groups in total. The first-order chi connectivity index (χ1) is 11.2. The number of fused-ring (bicyclic) bond motifs is 1. The van der Waals surface area contributed by atoms with Gasteiger partial charge in [0.05, 0.1) is 18.2 Å². The smallest absolute Gasteiger partial charge is 0.305 e. The van der Waals surface area contributed by atoms with E-state index >= 15 is 0 Å². The van der Waals surface area contributed by atoms with Crippen molar-refractivity contribution < 1.29 is 9.53 Å². The summed E-state index contributed by atoms with van der Waals surface area (Å²) in [7, 11) is 0. The van der Waals surface area contributed by atoms with E-state index in [1.54, 1.807) is 0 Å². The fourth-order valence-electron chi connectivity index (χ4n) is 2.25. The molecule has 1 heterocycles. The molecule has 124 valence electrons. The summed E-state index contributed by atoms with van der Waals surface area (Å²) in [5, 5.41) is 4.24. The Balaban J connectivity index is 2.10. The van der Waals surface area contributed by atoms with Gasteiger partial charge in [-0.15, -0.1) is 0 Å². The molecule has 0 unspecified atom stereocenters. The molecule has 0 spiro atoms. The minimum atomic E-state index is -0.181. The molecule has 0 radical (unpaired) electrons. The molecule has 0 aliphatic heterocycles. The van der Waals surface area contributed by atoms with Gasteiger partial charge >= 0.3 is 5.97 Å². The van der Waals surface area contributed by atoms with Crippen LogP contribution in [0, 0.1) is 0 Å². The second-order valence-electron chi connectivity index (χ2n) is 5.30. The molecule has 0 amide bonds. The van der Waals surface area contributed by atoms with Crippen molar-refractivity contribution >= 4 is 22.7 Å². The number of hydrogen-bond acceptors (Lipinski definition) is 6. The minimum absolute atomic E-state index is 0.171. The molecule has 1 aromatic carbocycles. The normalized spacial score (nSPS) is 12.1. The molecule has 6 heteroatoms. The Kier molecular flexibility index (Phi) is 6.29. The number of carbonyl (C=O) groups excluding carboxylic acids is 1. The fraction of sp³-hybridized carbons (Fsp3) is 0.471. The van der Waals surface area contributed by atoms with E-state index < -0.39 is 0 Å². The Morgan fingerprint density at radius 2 is 2.09 bits per heavy atom. The van der Waals surface area contributed by atoms with Gasteiger partial charge in [0.25, 0.3) is 0 Å². The van der Waals surface area contributed by atoms with Gasteiger partial charge in [-0.25, -0.2) is 9.97 Å². The molecule has 0 fully saturated rings. The van der Waals surface area contributed by atoms with Crippen molar-refractivity contribution in [1.82, 2.24) is 9.97 Å². The molecule has 0 saturated carbocycles. The molecule has 6 nitrogen and oxygen atoms in total. The second kappa shape index (κ2) is 8.43. The monoisotopic (exact) mass is 316 g/mol. The lowest BCUT2D eigenvalue weighted by Crippen LogP contribution is -2.15. The van der Waals surface area contributed by atoms with Crippen LogP contribution < -0.4 is 11.1 Å². The Morgan fingerprint density at radius 1 is 1.30 bits per heavy atom. The number of benzene rings is 1. The standard InChI is InChI=1S/C17H24N4O2/c1-3-13(18)17-20-14-9-6-5-8-12(14)16(21-17)19-11-7-10-15(22)23-4-2/h5-6,8-9,13H,3-4,7,10-11,18H2,1-2H3,(H,19,20,21)/t13-/m0/s1. The number of esters is 1. The number of nitrogens with zero attached hydrogens (tertiary/aromatic N) is 2. The highest BCUT2D eigenvalue weighted by atomic mass is 16.5. The highest BCUT2D eigenvalue weighted by Crippen LogP contribution is 2.22. The zero-order valence-corrected chi connectivity index (χ0v) is 13.7. The van der Waals surface area contributed by atoms with Crippen molar-refractivity contribution in [3.05, 3.63) is 30.1 Å². The zero-order valence-electron chi connectivity index (χ0n) is 13.7. The summed E-state index contributed by atoms with van der Waals surface area (Å²) in [6.07, 6.45) is 1.86. The van der Waals surface area contributed by atoms with Gasteiger partial charge in [-0.1, -0.05) is 19.1 Å². The highest BCUT2D eigenvalue weighted by molar-refractivity contribution is 5.89. The van der Waals surface area contributed by atoms with Crippen LogP contribution in [0.2, 0.25) is 0 Å². The lowest BCUT2D eigenvalue weighted by molar-refractivity contribution is -0.143. The van der Waals surface area contributed by atoms with E-state index in [0.717, 1.165) is 23.1 Å². The molecule has 0 aliphatic carbocycles. The van der Waals surface area contributed by atoms with Gasteiger partial charge in [0.2, 0.25) is 0 Å². The van der Waals surface area contributed by atoms with Crippen LogP contribution in [0.1, 0.15) is 45.0 Å². The van der Waals surface area contributed by atoms with Crippen molar-refractivity contribution in [3.63, 3.8) is 0 Å². The maximum atomic E-state index is 11.4. The van der Waals surface area contributed by atoms with Crippen molar-refractivity contribution in [2.24, 2.45) is 5.73 Å². The summed E-state index contributed by atoms with van der Waals surface area (Å²) in [5.74, 6) is 1.23. The number of nitrogens with two attached hydrogens (primary N) is 1. The van der Waals surface area contributed by atoms with Gasteiger partial charge in [0.1, 0.15) is 11.6 Å². The highest BCUT2D eigenvalue weighted by Gasteiger charge is 2.12. The van der Waals surface area contributed by atoms with Crippen LogP contribution in [0.25, 0.3) is 10.9 Å². The number of para-hydroxylation sites is 1. The molecule has 2 rings (SSSR count). The zero-order chi connectivity index (χ0) is 16.7. The second-order valence-corrected chi connectivity index (χ2v) is 5.30. The Bertz CT molecular complexity index is 660. The molecule has 2 aromatic rings. The summed E-state index contributed by atoms with van der Waals surface area (Å²) in [5.41, 5.74) is 6.94. The van der Waals surface area contributed by atoms with Crippen molar-refractivity contribution in [1.29, 1.82) is 0 Å². The van der Waals surface area contributed by atoms with Crippen molar-refractivity contribution in [2.75, 3.05) is 18.5 Å². The number of nitrogens with one attached hydrogen (secondary N) is 1. The van der Waals surface area contributed by atoms with Crippen LogP contribution in [-0.2, 0) is 9.53 Å². The van der Waals surface area contributed by atoms with Crippen LogP contribution in [-0.4, -0.2) is 29.1 Å². The number of carbonyl (C=O) groups is 1. The first kappa shape index (κ1) is 17.1. The van der Waals surface area contributed by atoms with Gasteiger partial charge in [0.15, 0.2) is 0 Å². The van der Waals surface area contributed by atoms with E-state index in [4.69, 9.17) is 10.5 Å². The maximum absolute atomic E-state index is 11.4. The largest absolute Gasteiger partial charge is 0.466 e. The van der Waals surface area contributed by atoms with Crippen LogP contribution in [0.5, 0.6) is 0 Å². The molecule has 1 atom stereocenters. The van der Waals surface area contributed by atoms with Crippen LogP contribution in [0.3, 0.4) is 0 Å². The summed E-state index contributed by atoms with van der Waals surface area (Å²) in [6, 6.07) is 7.65. The first-order valence-corrected chi connectivity index (χ1v) is 8.07. The lowest BCUT2D eigenvalue weighted by atomic mass is 10.2. The van der Waals surface area contributed by atoms with Crippen molar-refractivity contribution in [3.8, 4) is 0 Å². The van der Waals surface area contributed by atoms with Crippen LogP contribution in [0.15, 0.2) is 24.3 Å². The van der Waals surface area contributed by atoms with Crippen molar-refractivity contribution in [2.45, 2.75) is 39.2 Å².